The van der Waals surface area contributed by atoms with Gasteiger partial charge in [0, 0.05) is 38.4 Å². The Hall–Kier alpha value is -2.80. The predicted octanol–water partition coefficient (Wildman–Crippen LogP) is 3.10. The molecule has 31 heavy (non-hydrogen) atoms. The van der Waals surface area contributed by atoms with E-state index in [0.29, 0.717) is 26.3 Å². The maximum Gasteiger partial charge on any atom is 0.234 e. The molecule has 0 radical (unpaired) electrons. The van der Waals surface area contributed by atoms with Crippen LogP contribution in [0.2, 0.25) is 0 Å². The number of ether oxygens (including phenoxy) is 2. The lowest BCUT2D eigenvalue weighted by Crippen LogP contribution is -2.49. The first-order valence-electron chi connectivity index (χ1n) is 11.0. The summed E-state index contributed by atoms with van der Waals surface area (Å²) in [7, 11) is 0. The van der Waals surface area contributed by atoms with Gasteiger partial charge in [0.2, 0.25) is 5.91 Å². The van der Waals surface area contributed by atoms with Crippen molar-refractivity contribution in [3.8, 4) is 11.5 Å². The van der Waals surface area contributed by atoms with Crippen LogP contribution >= 0.6 is 0 Å². The third kappa shape index (κ3) is 6.85. The number of carbonyl (C=O) groups is 1. The zero-order valence-electron chi connectivity index (χ0n) is 18.4. The molecule has 1 aliphatic rings. The molecule has 0 unspecified atom stereocenters. The van der Waals surface area contributed by atoms with Crippen molar-refractivity contribution in [3.05, 3.63) is 53.8 Å². The maximum absolute atomic E-state index is 13.1. The lowest BCUT2D eigenvalue weighted by molar-refractivity contribution is -0.122. The molecule has 7 heteroatoms. The van der Waals surface area contributed by atoms with E-state index in [1.165, 1.54) is 12.1 Å². The van der Waals surface area contributed by atoms with Crippen molar-refractivity contribution in [3.63, 3.8) is 0 Å². The van der Waals surface area contributed by atoms with E-state index in [1.807, 2.05) is 32.0 Å². The summed E-state index contributed by atoms with van der Waals surface area (Å²) < 4.78 is 24.3. The number of nitrogens with one attached hydrogen (secondary N) is 1. The summed E-state index contributed by atoms with van der Waals surface area (Å²) in [6.07, 6.45) is 0.733. The fraction of sp³-hybridized carbons (Fsp3) is 0.458. The number of piperazine rings is 1. The van der Waals surface area contributed by atoms with E-state index >= 15 is 0 Å². The molecule has 0 bridgehead atoms. The van der Waals surface area contributed by atoms with Crippen LogP contribution in [0.25, 0.3) is 0 Å². The van der Waals surface area contributed by atoms with Gasteiger partial charge in [0.15, 0.2) is 11.5 Å². The van der Waals surface area contributed by atoms with Crippen LogP contribution in [0.4, 0.5) is 10.1 Å². The Balaban J connectivity index is 1.40. The van der Waals surface area contributed by atoms with Gasteiger partial charge in [0.25, 0.3) is 0 Å². The number of nitrogens with zero attached hydrogens (tertiary/aromatic N) is 2. The van der Waals surface area contributed by atoms with Crippen LogP contribution in [0.1, 0.15) is 19.4 Å². The largest absolute Gasteiger partial charge is 0.490 e. The van der Waals surface area contributed by atoms with Gasteiger partial charge >= 0.3 is 0 Å². The van der Waals surface area contributed by atoms with E-state index in [4.69, 9.17) is 9.47 Å². The zero-order chi connectivity index (χ0) is 22.1. The molecular weight excluding hydrogens is 397 g/mol. The molecule has 0 aromatic heterocycles. The van der Waals surface area contributed by atoms with Crippen molar-refractivity contribution in [2.75, 3.05) is 57.4 Å². The molecule has 3 rings (SSSR count). The summed E-state index contributed by atoms with van der Waals surface area (Å²) in [4.78, 5) is 16.7. The molecule has 1 fully saturated rings. The molecule has 0 atom stereocenters. The van der Waals surface area contributed by atoms with Crippen LogP contribution in [-0.4, -0.2) is 63.3 Å². The molecule has 1 N–H and O–H groups in total. The van der Waals surface area contributed by atoms with Crippen LogP contribution in [0, 0.1) is 5.82 Å². The van der Waals surface area contributed by atoms with Crippen molar-refractivity contribution in [1.29, 1.82) is 0 Å². The van der Waals surface area contributed by atoms with Gasteiger partial charge in [-0.15, -0.1) is 0 Å². The van der Waals surface area contributed by atoms with E-state index in [2.05, 4.69) is 15.1 Å². The Kier molecular flexibility index (Phi) is 8.53. The Morgan fingerprint density at radius 1 is 0.968 bits per heavy atom. The normalized spacial score (nSPS) is 14.4. The third-order valence-electron chi connectivity index (χ3n) is 5.27. The monoisotopic (exact) mass is 429 g/mol. The van der Waals surface area contributed by atoms with E-state index in [1.54, 1.807) is 12.1 Å². The average Bonchev–Trinajstić information content (AvgIpc) is 2.77. The highest BCUT2D eigenvalue weighted by atomic mass is 19.1. The van der Waals surface area contributed by atoms with Gasteiger partial charge in [-0.25, -0.2) is 4.39 Å². The predicted molar refractivity (Wildman–Crippen MR) is 121 cm³/mol. The highest BCUT2D eigenvalue weighted by molar-refractivity contribution is 5.78. The summed E-state index contributed by atoms with van der Waals surface area (Å²) in [5.41, 5.74) is 2.12. The third-order valence-corrected chi connectivity index (χ3v) is 5.27. The Morgan fingerprint density at radius 2 is 1.65 bits per heavy atom. The minimum atomic E-state index is -0.224. The standard InChI is InChI=1S/C24H32FN3O3/c1-3-30-22-10-5-19(17-23(22)31-4-2)11-12-26-24(29)18-27-13-15-28(16-14-27)21-8-6-20(25)7-9-21/h5-10,17H,3-4,11-16,18H2,1-2H3,(H,26,29). The quantitative estimate of drug-likeness (QED) is 0.629. The fourth-order valence-corrected chi connectivity index (χ4v) is 3.67. The van der Waals surface area contributed by atoms with Crippen LogP contribution in [0.5, 0.6) is 11.5 Å². The van der Waals surface area contributed by atoms with Gasteiger partial charge in [-0.1, -0.05) is 6.07 Å². The molecule has 0 saturated carbocycles. The van der Waals surface area contributed by atoms with Crippen LogP contribution in [-0.2, 0) is 11.2 Å². The molecular formula is C24H32FN3O3. The number of amides is 1. The Labute approximate surface area is 183 Å². The van der Waals surface area contributed by atoms with Crippen molar-refractivity contribution in [2.24, 2.45) is 0 Å². The molecule has 1 saturated heterocycles. The first kappa shape index (κ1) is 22.9. The summed E-state index contributed by atoms with van der Waals surface area (Å²) in [6.45, 7) is 9.30. The smallest absolute Gasteiger partial charge is 0.234 e. The minimum Gasteiger partial charge on any atom is -0.490 e. The molecule has 1 heterocycles. The van der Waals surface area contributed by atoms with Crippen LogP contribution in [0.15, 0.2) is 42.5 Å². The number of halogens is 1. The molecule has 2 aromatic rings. The molecule has 6 nitrogen and oxygen atoms in total. The molecule has 168 valence electrons. The first-order valence-corrected chi connectivity index (χ1v) is 11.0. The lowest BCUT2D eigenvalue weighted by Gasteiger charge is -2.35. The van der Waals surface area contributed by atoms with Crippen molar-refractivity contribution in [1.82, 2.24) is 10.2 Å². The summed E-state index contributed by atoms with van der Waals surface area (Å²) in [5.74, 6) is 1.30. The second-order valence-electron chi connectivity index (χ2n) is 7.49. The highest BCUT2D eigenvalue weighted by Gasteiger charge is 2.19. The van der Waals surface area contributed by atoms with Gasteiger partial charge in [0.1, 0.15) is 5.82 Å². The maximum atomic E-state index is 13.1. The van der Waals surface area contributed by atoms with E-state index < -0.39 is 0 Å². The zero-order valence-corrected chi connectivity index (χ0v) is 18.4. The van der Waals surface area contributed by atoms with Crippen LogP contribution < -0.4 is 19.7 Å². The number of hydrogen-bond donors (Lipinski definition) is 1. The van der Waals surface area contributed by atoms with Gasteiger partial charge in [0.05, 0.1) is 19.8 Å². The number of benzene rings is 2. The fourth-order valence-electron chi connectivity index (χ4n) is 3.67. The number of anilines is 1. The molecule has 2 aromatic carbocycles. The molecule has 1 amide bonds. The van der Waals surface area contributed by atoms with E-state index in [-0.39, 0.29) is 11.7 Å². The van der Waals surface area contributed by atoms with Crippen LogP contribution in [0.3, 0.4) is 0 Å². The Bertz CT molecular complexity index is 836. The summed E-state index contributed by atoms with van der Waals surface area (Å²) in [6, 6.07) is 12.5. The average molecular weight is 430 g/mol. The Morgan fingerprint density at radius 3 is 2.32 bits per heavy atom. The summed E-state index contributed by atoms with van der Waals surface area (Å²) in [5, 5.41) is 3.01. The lowest BCUT2D eigenvalue weighted by atomic mass is 10.1. The van der Waals surface area contributed by atoms with Gasteiger partial charge in [-0.3, -0.25) is 9.69 Å². The second kappa shape index (κ2) is 11.6. The topological polar surface area (TPSA) is 54.0 Å². The van der Waals surface area contributed by atoms with Crippen molar-refractivity contribution < 1.29 is 18.7 Å². The molecule has 0 spiro atoms. The van der Waals surface area contributed by atoms with E-state index in [9.17, 15) is 9.18 Å². The van der Waals surface area contributed by atoms with Crippen molar-refractivity contribution in [2.45, 2.75) is 20.3 Å². The first-order chi connectivity index (χ1) is 15.1. The van der Waals surface area contributed by atoms with E-state index in [0.717, 1.165) is 55.3 Å². The van der Waals surface area contributed by atoms with Gasteiger partial charge < -0.3 is 19.7 Å². The molecule has 1 aliphatic heterocycles. The SMILES string of the molecule is CCOc1ccc(CCNC(=O)CN2CCN(c3ccc(F)cc3)CC2)cc1OCC. The second-order valence-corrected chi connectivity index (χ2v) is 7.49. The highest BCUT2D eigenvalue weighted by Crippen LogP contribution is 2.28. The number of hydrogen-bond acceptors (Lipinski definition) is 5. The minimum absolute atomic E-state index is 0.0335. The van der Waals surface area contributed by atoms with Crippen molar-refractivity contribution >= 4 is 11.6 Å². The molecule has 0 aliphatic carbocycles. The van der Waals surface area contributed by atoms with Gasteiger partial charge in [-0.2, -0.15) is 0 Å². The number of rotatable bonds is 10. The van der Waals surface area contributed by atoms with Gasteiger partial charge in [-0.05, 0) is 62.2 Å². The summed E-state index contributed by atoms with van der Waals surface area (Å²) >= 11 is 0. The number of carbonyl (C=O) groups excluding carboxylic acids is 1.